The van der Waals surface area contributed by atoms with Gasteiger partial charge in [0.25, 0.3) is 0 Å². The van der Waals surface area contributed by atoms with Crippen LogP contribution in [-0.2, 0) is 15.9 Å². The predicted octanol–water partition coefficient (Wildman–Crippen LogP) is 0.337. The number of hydrogen-bond acceptors (Lipinski definition) is 10. The zero-order valence-corrected chi connectivity index (χ0v) is 18.1. The van der Waals surface area contributed by atoms with Crippen molar-refractivity contribution in [3.63, 3.8) is 0 Å². The van der Waals surface area contributed by atoms with Gasteiger partial charge >= 0.3 is 5.97 Å². The van der Waals surface area contributed by atoms with Gasteiger partial charge in [-0.3, -0.25) is 0 Å². The van der Waals surface area contributed by atoms with Crippen LogP contribution < -0.4 is 14.2 Å². The molecule has 0 amide bonds. The Morgan fingerprint density at radius 2 is 1.67 bits per heavy atom. The maximum atomic E-state index is 13.0. The lowest BCUT2D eigenvalue weighted by atomic mass is 9.93. The molecule has 2 aliphatic rings. The molecule has 1 saturated heterocycles. The van der Waals surface area contributed by atoms with E-state index in [0.29, 0.717) is 23.5 Å². The highest BCUT2D eigenvalue weighted by atomic mass is 16.7. The Kier molecular flexibility index (Phi) is 6.73. The molecule has 6 atom stereocenters. The third-order valence-electron chi connectivity index (χ3n) is 5.83. The first-order valence-corrected chi connectivity index (χ1v) is 10.4. The molecule has 178 valence electrons. The maximum Gasteiger partial charge on any atom is 0.342 e. The largest absolute Gasteiger partial charge is 0.497 e. The van der Waals surface area contributed by atoms with Gasteiger partial charge in [0.15, 0.2) is 0 Å². The molecule has 2 heterocycles. The molecule has 0 spiro atoms. The molecule has 0 radical (unpaired) electrons. The summed E-state index contributed by atoms with van der Waals surface area (Å²) in [6.45, 7) is -0.605. The lowest BCUT2D eigenvalue weighted by Gasteiger charge is -2.40. The molecular formula is C23H26O10. The number of methoxy groups -OCH3 is 2. The van der Waals surface area contributed by atoms with Crippen molar-refractivity contribution >= 4 is 5.97 Å². The summed E-state index contributed by atoms with van der Waals surface area (Å²) in [6, 6.07) is 10.3. The fourth-order valence-electron chi connectivity index (χ4n) is 3.97. The average molecular weight is 462 g/mol. The first kappa shape index (κ1) is 23.3. The number of hydrogen-bond donors (Lipinski definition) is 4. The maximum absolute atomic E-state index is 13.0. The quantitative estimate of drug-likeness (QED) is 0.444. The van der Waals surface area contributed by atoms with Crippen LogP contribution in [0.25, 0.3) is 0 Å². The van der Waals surface area contributed by atoms with Crippen LogP contribution >= 0.6 is 0 Å². The van der Waals surface area contributed by atoms with E-state index in [9.17, 15) is 25.2 Å². The summed E-state index contributed by atoms with van der Waals surface area (Å²) < 4.78 is 27.3. The Morgan fingerprint density at radius 1 is 0.970 bits per heavy atom. The number of benzene rings is 2. The minimum Gasteiger partial charge on any atom is -0.497 e. The highest BCUT2D eigenvalue weighted by Crippen LogP contribution is 2.39. The summed E-state index contributed by atoms with van der Waals surface area (Å²) in [7, 11) is 3.02. The monoisotopic (exact) mass is 462 g/mol. The van der Waals surface area contributed by atoms with Crippen LogP contribution in [0, 0.1) is 0 Å². The average Bonchev–Trinajstić information content (AvgIpc) is 2.83. The predicted molar refractivity (Wildman–Crippen MR) is 112 cm³/mol. The fourth-order valence-corrected chi connectivity index (χ4v) is 3.97. The van der Waals surface area contributed by atoms with E-state index in [4.69, 9.17) is 23.7 Å². The molecule has 0 saturated carbocycles. The van der Waals surface area contributed by atoms with E-state index < -0.39 is 49.4 Å². The SMILES string of the molecule is COc1ccc(C2Cc3cc(OC)cc(OC4OC(CO)C(O)C(O)C4O)c3C(=O)O2)cc1. The number of aliphatic hydroxyl groups is 4. The van der Waals surface area contributed by atoms with Crippen LogP contribution in [0.15, 0.2) is 36.4 Å². The molecular weight excluding hydrogens is 436 g/mol. The number of rotatable bonds is 6. The first-order chi connectivity index (χ1) is 15.9. The molecule has 0 bridgehead atoms. The third kappa shape index (κ3) is 4.48. The van der Waals surface area contributed by atoms with Crippen LogP contribution in [0.5, 0.6) is 17.2 Å². The number of fused-ring (bicyclic) bond motifs is 1. The zero-order chi connectivity index (χ0) is 23.7. The molecule has 2 aliphatic heterocycles. The van der Waals surface area contributed by atoms with Gasteiger partial charge in [-0.25, -0.2) is 4.79 Å². The minimum atomic E-state index is -1.63. The number of esters is 1. The van der Waals surface area contributed by atoms with Crippen molar-refractivity contribution in [2.24, 2.45) is 0 Å². The Balaban J connectivity index is 1.64. The van der Waals surface area contributed by atoms with Gasteiger partial charge in [-0.2, -0.15) is 0 Å². The molecule has 6 unspecified atom stereocenters. The van der Waals surface area contributed by atoms with E-state index in [1.807, 2.05) is 12.1 Å². The number of cyclic esters (lactones) is 1. The second kappa shape index (κ2) is 9.54. The van der Waals surface area contributed by atoms with Gasteiger partial charge in [0.2, 0.25) is 6.29 Å². The first-order valence-electron chi connectivity index (χ1n) is 10.4. The van der Waals surface area contributed by atoms with Crippen molar-refractivity contribution in [3.05, 3.63) is 53.1 Å². The molecule has 0 aliphatic carbocycles. The van der Waals surface area contributed by atoms with Gasteiger partial charge in [-0.15, -0.1) is 0 Å². The van der Waals surface area contributed by atoms with Gasteiger partial charge < -0.3 is 44.1 Å². The summed E-state index contributed by atoms with van der Waals surface area (Å²) in [4.78, 5) is 13.0. The molecule has 2 aromatic rings. The van der Waals surface area contributed by atoms with Crippen molar-refractivity contribution < 1.29 is 48.9 Å². The Morgan fingerprint density at radius 3 is 2.30 bits per heavy atom. The second-order valence-electron chi connectivity index (χ2n) is 7.85. The normalized spacial score (nSPS) is 29.1. The van der Waals surface area contributed by atoms with Crippen molar-refractivity contribution in [2.45, 2.75) is 43.2 Å². The molecule has 0 aromatic heterocycles. The Bertz CT molecular complexity index is 989. The smallest absolute Gasteiger partial charge is 0.342 e. The molecule has 2 aromatic carbocycles. The molecule has 10 nitrogen and oxygen atoms in total. The molecule has 4 N–H and O–H groups in total. The highest BCUT2D eigenvalue weighted by Gasteiger charge is 2.45. The van der Waals surface area contributed by atoms with E-state index in [-0.39, 0.29) is 11.3 Å². The Hall–Kier alpha value is -2.89. The van der Waals surface area contributed by atoms with Crippen LogP contribution in [-0.4, -0.2) is 77.9 Å². The molecule has 1 fully saturated rings. The summed E-state index contributed by atoms with van der Waals surface area (Å²) in [5.41, 5.74) is 1.53. The van der Waals surface area contributed by atoms with Gasteiger partial charge in [0.05, 0.1) is 20.8 Å². The van der Waals surface area contributed by atoms with Gasteiger partial charge in [-0.1, -0.05) is 12.1 Å². The van der Waals surface area contributed by atoms with Crippen molar-refractivity contribution in [1.82, 2.24) is 0 Å². The van der Waals surface area contributed by atoms with E-state index >= 15 is 0 Å². The standard InChI is InChI=1S/C23H26O10/c1-29-13-5-3-11(4-6-13)15-8-12-7-14(30-2)9-16(18(12)22(28)31-15)32-23-21(27)20(26)19(25)17(10-24)33-23/h3-7,9,15,17,19-21,23-27H,8,10H2,1-2H3. The van der Waals surface area contributed by atoms with Crippen LogP contribution in [0.2, 0.25) is 0 Å². The lowest BCUT2D eigenvalue weighted by Crippen LogP contribution is -2.60. The van der Waals surface area contributed by atoms with Crippen molar-refractivity contribution in [2.75, 3.05) is 20.8 Å². The minimum absolute atomic E-state index is 0.0202. The van der Waals surface area contributed by atoms with E-state index in [1.54, 1.807) is 25.3 Å². The second-order valence-corrected chi connectivity index (χ2v) is 7.85. The topological polar surface area (TPSA) is 144 Å². The fraction of sp³-hybridized carbons (Fsp3) is 0.435. The van der Waals surface area contributed by atoms with Crippen LogP contribution in [0.4, 0.5) is 0 Å². The number of ether oxygens (including phenoxy) is 5. The number of aliphatic hydroxyl groups excluding tert-OH is 4. The number of carbonyl (C=O) groups excluding carboxylic acids is 1. The Labute approximate surface area is 189 Å². The van der Waals surface area contributed by atoms with Crippen LogP contribution in [0.3, 0.4) is 0 Å². The van der Waals surface area contributed by atoms with Crippen molar-refractivity contribution in [1.29, 1.82) is 0 Å². The van der Waals surface area contributed by atoms with E-state index in [2.05, 4.69) is 0 Å². The molecule has 4 rings (SSSR count). The highest BCUT2D eigenvalue weighted by molar-refractivity contribution is 5.95. The summed E-state index contributed by atoms with van der Waals surface area (Å²) in [5.74, 6) is 0.459. The van der Waals surface area contributed by atoms with Gasteiger partial charge in [0, 0.05) is 12.5 Å². The summed E-state index contributed by atoms with van der Waals surface area (Å²) in [5, 5.41) is 39.7. The molecule has 33 heavy (non-hydrogen) atoms. The van der Waals surface area contributed by atoms with Crippen molar-refractivity contribution in [3.8, 4) is 17.2 Å². The van der Waals surface area contributed by atoms with E-state index in [1.165, 1.54) is 13.2 Å². The summed E-state index contributed by atoms with van der Waals surface area (Å²) in [6.07, 6.45) is -7.58. The van der Waals surface area contributed by atoms with Crippen LogP contribution in [0.1, 0.15) is 27.6 Å². The molecule has 10 heteroatoms. The van der Waals surface area contributed by atoms with Gasteiger partial charge in [0.1, 0.15) is 53.3 Å². The summed E-state index contributed by atoms with van der Waals surface area (Å²) >= 11 is 0. The van der Waals surface area contributed by atoms with E-state index in [0.717, 1.165) is 5.56 Å². The lowest BCUT2D eigenvalue weighted by molar-refractivity contribution is -0.277. The number of carbonyl (C=O) groups is 1. The zero-order valence-electron chi connectivity index (χ0n) is 18.1. The third-order valence-corrected chi connectivity index (χ3v) is 5.83. The van der Waals surface area contributed by atoms with Gasteiger partial charge in [-0.05, 0) is 29.3 Å².